The van der Waals surface area contributed by atoms with Crippen LogP contribution in [0.5, 0.6) is 0 Å². The van der Waals surface area contributed by atoms with E-state index in [4.69, 9.17) is 4.74 Å². The molecule has 0 amide bonds. The number of fused-ring (bicyclic) bond motifs is 1. The van der Waals surface area contributed by atoms with Crippen LogP contribution in [0.4, 0.5) is 5.69 Å². The molecule has 0 saturated carbocycles. The molecule has 1 saturated heterocycles. The van der Waals surface area contributed by atoms with Gasteiger partial charge in [-0.15, -0.1) is 0 Å². The highest BCUT2D eigenvalue weighted by molar-refractivity contribution is 5.97. The summed E-state index contributed by atoms with van der Waals surface area (Å²) in [5.41, 5.74) is 1.73. The summed E-state index contributed by atoms with van der Waals surface area (Å²) in [7, 11) is 0. The highest BCUT2D eigenvalue weighted by Gasteiger charge is 2.16. The minimum absolute atomic E-state index is 0.0869. The zero-order valence-corrected chi connectivity index (χ0v) is 11.1. The minimum Gasteiger partial charge on any atom is -0.477 e. The van der Waals surface area contributed by atoms with Crippen molar-refractivity contribution in [2.75, 3.05) is 31.2 Å². The van der Waals surface area contributed by atoms with Crippen LogP contribution in [0.15, 0.2) is 30.3 Å². The SMILES string of the molecule is O=C(O)c1cc(N2CCCOCC2)c2ccccc2n1. The summed E-state index contributed by atoms with van der Waals surface area (Å²) in [4.78, 5) is 17.6. The fraction of sp³-hybridized carbons (Fsp3) is 0.333. The molecule has 0 radical (unpaired) electrons. The summed E-state index contributed by atoms with van der Waals surface area (Å²) in [6.07, 6.45) is 0.944. The molecule has 0 atom stereocenters. The average molecular weight is 272 g/mol. The van der Waals surface area contributed by atoms with Gasteiger partial charge >= 0.3 is 5.97 Å². The number of aromatic nitrogens is 1. The fourth-order valence-corrected chi connectivity index (χ4v) is 2.52. The fourth-order valence-electron chi connectivity index (χ4n) is 2.52. The van der Waals surface area contributed by atoms with E-state index in [0.29, 0.717) is 12.1 Å². The second-order valence-corrected chi connectivity index (χ2v) is 4.80. The van der Waals surface area contributed by atoms with Crippen LogP contribution in [0.3, 0.4) is 0 Å². The lowest BCUT2D eigenvalue weighted by Gasteiger charge is -2.23. The molecule has 5 nitrogen and oxygen atoms in total. The zero-order valence-electron chi connectivity index (χ0n) is 11.1. The zero-order chi connectivity index (χ0) is 13.9. The van der Waals surface area contributed by atoms with E-state index in [1.165, 1.54) is 0 Å². The first-order valence-electron chi connectivity index (χ1n) is 6.71. The summed E-state index contributed by atoms with van der Waals surface area (Å²) in [6.45, 7) is 3.06. The van der Waals surface area contributed by atoms with E-state index in [1.54, 1.807) is 6.07 Å². The van der Waals surface area contributed by atoms with Gasteiger partial charge in [0.05, 0.1) is 12.1 Å². The average Bonchev–Trinajstić information content (AvgIpc) is 2.75. The third-order valence-corrected chi connectivity index (χ3v) is 3.48. The predicted octanol–water partition coefficient (Wildman–Crippen LogP) is 2.16. The molecule has 0 unspecified atom stereocenters. The molecule has 2 heterocycles. The molecule has 5 heteroatoms. The number of carboxylic acids is 1. The largest absolute Gasteiger partial charge is 0.477 e. The highest BCUT2D eigenvalue weighted by Crippen LogP contribution is 2.27. The predicted molar refractivity (Wildman–Crippen MR) is 76.4 cm³/mol. The van der Waals surface area contributed by atoms with E-state index in [-0.39, 0.29) is 5.69 Å². The Morgan fingerprint density at radius 1 is 1.25 bits per heavy atom. The molecule has 0 bridgehead atoms. The first kappa shape index (κ1) is 12.9. The van der Waals surface area contributed by atoms with Crippen LogP contribution in [0.1, 0.15) is 16.9 Å². The summed E-state index contributed by atoms with van der Waals surface area (Å²) in [5.74, 6) is -0.997. The molecule has 1 aromatic carbocycles. The third-order valence-electron chi connectivity index (χ3n) is 3.48. The van der Waals surface area contributed by atoms with Crippen molar-refractivity contribution in [3.8, 4) is 0 Å². The van der Waals surface area contributed by atoms with Gasteiger partial charge in [-0.05, 0) is 18.6 Å². The first-order chi connectivity index (χ1) is 9.75. The standard InChI is InChI=1S/C15H16N2O3/c18-15(19)13-10-14(17-6-3-8-20-9-7-17)11-4-1-2-5-12(11)16-13/h1-2,4-5,10H,3,6-9H2,(H,18,19). The van der Waals surface area contributed by atoms with Gasteiger partial charge in [-0.25, -0.2) is 9.78 Å². The molecule has 2 aromatic rings. The van der Waals surface area contributed by atoms with Crippen LogP contribution in [0.2, 0.25) is 0 Å². The highest BCUT2D eigenvalue weighted by atomic mass is 16.5. The molecule has 0 spiro atoms. The molecule has 1 aliphatic heterocycles. The molecular weight excluding hydrogens is 256 g/mol. The van der Waals surface area contributed by atoms with Crippen molar-refractivity contribution in [3.63, 3.8) is 0 Å². The normalized spacial score (nSPS) is 16.1. The monoisotopic (exact) mass is 272 g/mol. The Morgan fingerprint density at radius 3 is 2.95 bits per heavy atom. The molecule has 1 aliphatic rings. The smallest absolute Gasteiger partial charge is 0.354 e. The Balaban J connectivity index is 2.13. The summed E-state index contributed by atoms with van der Waals surface area (Å²) in [6, 6.07) is 9.31. The number of hydrogen-bond donors (Lipinski definition) is 1. The number of benzene rings is 1. The minimum atomic E-state index is -0.997. The summed E-state index contributed by atoms with van der Waals surface area (Å²) in [5, 5.41) is 10.2. The second-order valence-electron chi connectivity index (χ2n) is 4.80. The van der Waals surface area contributed by atoms with Gasteiger partial charge in [0.1, 0.15) is 0 Å². The molecule has 1 fully saturated rings. The van der Waals surface area contributed by atoms with E-state index >= 15 is 0 Å². The van der Waals surface area contributed by atoms with E-state index in [9.17, 15) is 9.90 Å². The van der Waals surface area contributed by atoms with E-state index in [0.717, 1.165) is 37.2 Å². The number of anilines is 1. The van der Waals surface area contributed by atoms with Crippen molar-refractivity contribution in [1.82, 2.24) is 4.98 Å². The van der Waals surface area contributed by atoms with Crippen molar-refractivity contribution in [1.29, 1.82) is 0 Å². The third kappa shape index (κ3) is 2.44. The number of ether oxygens (including phenoxy) is 1. The number of para-hydroxylation sites is 1. The quantitative estimate of drug-likeness (QED) is 0.907. The first-order valence-corrected chi connectivity index (χ1v) is 6.71. The molecular formula is C15H16N2O3. The molecule has 104 valence electrons. The molecule has 1 aromatic heterocycles. The van der Waals surface area contributed by atoms with Crippen LogP contribution in [0.25, 0.3) is 10.9 Å². The van der Waals surface area contributed by atoms with Crippen molar-refractivity contribution >= 4 is 22.6 Å². The number of carbonyl (C=O) groups is 1. The van der Waals surface area contributed by atoms with Gasteiger partial charge in [-0.2, -0.15) is 0 Å². The van der Waals surface area contributed by atoms with Gasteiger partial charge < -0.3 is 14.7 Å². The van der Waals surface area contributed by atoms with E-state index in [2.05, 4.69) is 9.88 Å². The van der Waals surface area contributed by atoms with Crippen LogP contribution < -0.4 is 4.90 Å². The Kier molecular flexibility index (Phi) is 3.52. The Hall–Kier alpha value is -2.14. The van der Waals surface area contributed by atoms with Gasteiger partial charge in [-0.3, -0.25) is 0 Å². The van der Waals surface area contributed by atoms with Crippen LogP contribution in [-0.2, 0) is 4.74 Å². The number of aromatic carboxylic acids is 1. The number of carboxylic acid groups (broad SMARTS) is 1. The van der Waals surface area contributed by atoms with Crippen molar-refractivity contribution in [2.24, 2.45) is 0 Å². The van der Waals surface area contributed by atoms with Crippen molar-refractivity contribution in [3.05, 3.63) is 36.0 Å². The topological polar surface area (TPSA) is 62.7 Å². The van der Waals surface area contributed by atoms with Gasteiger partial charge in [0.25, 0.3) is 0 Å². The lowest BCUT2D eigenvalue weighted by atomic mass is 10.1. The van der Waals surface area contributed by atoms with E-state index < -0.39 is 5.97 Å². The molecule has 1 N–H and O–H groups in total. The van der Waals surface area contributed by atoms with Crippen molar-refractivity contribution < 1.29 is 14.6 Å². The van der Waals surface area contributed by atoms with Gasteiger partial charge in [0.15, 0.2) is 5.69 Å². The van der Waals surface area contributed by atoms with Crippen LogP contribution >= 0.6 is 0 Å². The van der Waals surface area contributed by atoms with Gasteiger partial charge in [-0.1, -0.05) is 18.2 Å². The van der Waals surface area contributed by atoms with E-state index in [1.807, 2.05) is 24.3 Å². The summed E-state index contributed by atoms with van der Waals surface area (Å²) < 4.78 is 5.46. The van der Waals surface area contributed by atoms with Crippen LogP contribution in [0, 0.1) is 0 Å². The van der Waals surface area contributed by atoms with Gasteiger partial charge in [0.2, 0.25) is 0 Å². The maximum absolute atomic E-state index is 11.2. The maximum atomic E-state index is 11.2. The Bertz CT molecular complexity index is 634. The Labute approximate surface area is 116 Å². The summed E-state index contributed by atoms with van der Waals surface area (Å²) >= 11 is 0. The molecule has 0 aliphatic carbocycles. The maximum Gasteiger partial charge on any atom is 0.354 e. The second kappa shape index (κ2) is 5.46. The number of pyridine rings is 1. The number of hydrogen-bond acceptors (Lipinski definition) is 4. The van der Waals surface area contributed by atoms with Gasteiger partial charge in [0, 0.05) is 30.8 Å². The Morgan fingerprint density at radius 2 is 2.10 bits per heavy atom. The molecule has 3 rings (SSSR count). The number of nitrogens with zero attached hydrogens (tertiary/aromatic N) is 2. The van der Waals surface area contributed by atoms with Crippen LogP contribution in [-0.4, -0.2) is 42.4 Å². The lowest BCUT2D eigenvalue weighted by molar-refractivity contribution is 0.0691. The molecule has 20 heavy (non-hydrogen) atoms. The van der Waals surface area contributed by atoms with Crippen molar-refractivity contribution in [2.45, 2.75) is 6.42 Å². The number of rotatable bonds is 2. The lowest BCUT2D eigenvalue weighted by Crippen LogP contribution is -2.26.